The first-order valence-corrected chi connectivity index (χ1v) is 6.08. The Bertz CT molecular complexity index is 493. The number of carboxylic acid groups (broad SMARTS) is 1. The number of nitrogens with one attached hydrogen (secondary N) is 1. The fraction of sp³-hybridized carbons (Fsp3) is 0.385. The van der Waals surface area contributed by atoms with E-state index >= 15 is 0 Å². The summed E-state index contributed by atoms with van der Waals surface area (Å²) in [5.41, 5.74) is -0.247. The van der Waals surface area contributed by atoms with Gasteiger partial charge in [-0.1, -0.05) is 0 Å². The minimum absolute atomic E-state index is 0.0780. The molecule has 7 heteroatoms. The van der Waals surface area contributed by atoms with Crippen LogP contribution < -0.4 is 5.32 Å². The fourth-order valence-corrected chi connectivity index (χ4v) is 1.46. The Morgan fingerprint density at radius 3 is 2.75 bits per heavy atom. The lowest BCUT2D eigenvalue weighted by molar-refractivity contribution is 0.0698. The Kier molecular flexibility index (Phi) is 5.92. The average Bonchev–Trinajstić information content (AvgIpc) is 2.38. The predicted molar refractivity (Wildman–Crippen MR) is 71.5 cm³/mol. The van der Waals surface area contributed by atoms with E-state index in [0.717, 1.165) is 18.2 Å². The van der Waals surface area contributed by atoms with E-state index in [0.29, 0.717) is 19.8 Å². The highest BCUT2D eigenvalue weighted by atomic mass is 19.1. The summed E-state index contributed by atoms with van der Waals surface area (Å²) in [5.74, 6) is -1.86. The normalized spacial score (nSPS) is 10.2. The molecule has 0 aliphatic carbocycles. The fourth-order valence-electron chi connectivity index (χ4n) is 1.46. The van der Waals surface area contributed by atoms with Crippen molar-refractivity contribution < 1.29 is 23.8 Å². The molecular weight excluding hydrogens is 267 g/mol. The van der Waals surface area contributed by atoms with Crippen molar-refractivity contribution in [2.75, 3.05) is 32.1 Å². The van der Waals surface area contributed by atoms with Crippen LogP contribution in [0.15, 0.2) is 18.2 Å². The third-order valence-corrected chi connectivity index (χ3v) is 2.58. The minimum Gasteiger partial charge on any atom is -0.478 e. The molecule has 0 radical (unpaired) electrons. The number of carboxylic acids is 1. The number of rotatable bonds is 6. The van der Waals surface area contributed by atoms with E-state index in [9.17, 15) is 14.0 Å². The Balaban J connectivity index is 2.74. The zero-order valence-corrected chi connectivity index (χ0v) is 11.4. The average molecular weight is 284 g/mol. The lowest BCUT2D eigenvalue weighted by Gasteiger charge is -2.18. The third-order valence-electron chi connectivity index (χ3n) is 2.58. The highest BCUT2D eigenvalue weighted by Crippen LogP contribution is 2.17. The molecule has 110 valence electrons. The number of ether oxygens (including phenoxy) is 1. The second kappa shape index (κ2) is 7.44. The number of likely N-dealkylation sites (N-methyl/N-ethyl adjacent to an activating group) is 1. The Labute approximate surface area is 116 Å². The smallest absolute Gasteiger partial charge is 0.337 e. The van der Waals surface area contributed by atoms with Crippen molar-refractivity contribution in [2.24, 2.45) is 0 Å². The van der Waals surface area contributed by atoms with E-state index in [4.69, 9.17) is 9.84 Å². The molecule has 0 heterocycles. The van der Waals surface area contributed by atoms with Crippen LogP contribution in [0.3, 0.4) is 0 Å². The summed E-state index contributed by atoms with van der Waals surface area (Å²) >= 11 is 0. The summed E-state index contributed by atoms with van der Waals surface area (Å²) in [6.07, 6.45) is 0. The molecule has 0 saturated carbocycles. The summed E-state index contributed by atoms with van der Waals surface area (Å²) in [5, 5.41) is 11.3. The van der Waals surface area contributed by atoms with Crippen molar-refractivity contribution in [3.63, 3.8) is 0 Å². The number of amides is 2. The van der Waals surface area contributed by atoms with Gasteiger partial charge in [0.1, 0.15) is 5.82 Å². The molecule has 20 heavy (non-hydrogen) atoms. The second-order valence-corrected chi connectivity index (χ2v) is 4.04. The number of halogens is 1. The van der Waals surface area contributed by atoms with Gasteiger partial charge in [0.2, 0.25) is 0 Å². The van der Waals surface area contributed by atoms with Crippen LogP contribution in [0.2, 0.25) is 0 Å². The van der Waals surface area contributed by atoms with E-state index in [1.54, 1.807) is 0 Å². The first kappa shape index (κ1) is 15.9. The number of carbonyl (C=O) groups excluding carboxylic acids is 1. The summed E-state index contributed by atoms with van der Waals surface area (Å²) in [7, 11) is 1.54. The van der Waals surface area contributed by atoms with E-state index in [1.807, 2.05) is 6.92 Å². The molecule has 6 nitrogen and oxygen atoms in total. The monoisotopic (exact) mass is 284 g/mol. The van der Waals surface area contributed by atoms with E-state index in [-0.39, 0.29) is 11.3 Å². The number of benzene rings is 1. The topological polar surface area (TPSA) is 78.9 Å². The summed E-state index contributed by atoms with van der Waals surface area (Å²) in [6.45, 7) is 3.10. The molecule has 1 aromatic rings. The molecular formula is C13H17FN2O4. The Morgan fingerprint density at radius 2 is 2.15 bits per heavy atom. The van der Waals surface area contributed by atoms with E-state index < -0.39 is 17.8 Å². The number of urea groups is 1. The van der Waals surface area contributed by atoms with Crippen LogP contribution in [0.1, 0.15) is 17.3 Å². The number of anilines is 1. The van der Waals surface area contributed by atoms with Gasteiger partial charge in [-0.15, -0.1) is 0 Å². The van der Waals surface area contributed by atoms with Gasteiger partial charge in [0.25, 0.3) is 0 Å². The van der Waals surface area contributed by atoms with Gasteiger partial charge in [0, 0.05) is 20.2 Å². The van der Waals surface area contributed by atoms with Crippen LogP contribution in [0.4, 0.5) is 14.9 Å². The van der Waals surface area contributed by atoms with Crippen LogP contribution in [-0.4, -0.2) is 48.8 Å². The molecule has 0 unspecified atom stereocenters. The van der Waals surface area contributed by atoms with E-state index in [1.165, 1.54) is 11.9 Å². The largest absolute Gasteiger partial charge is 0.478 e. The number of aromatic carboxylic acids is 1. The van der Waals surface area contributed by atoms with Gasteiger partial charge < -0.3 is 20.1 Å². The quantitative estimate of drug-likeness (QED) is 0.783. The zero-order valence-electron chi connectivity index (χ0n) is 11.4. The van der Waals surface area contributed by atoms with Gasteiger partial charge >= 0.3 is 12.0 Å². The molecule has 0 atom stereocenters. The van der Waals surface area contributed by atoms with Gasteiger partial charge in [-0.05, 0) is 25.1 Å². The van der Waals surface area contributed by atoms with Crippen molar-refractivity contribution in [1.82, 2.24) is 4.90 Å². The van der Waals surface area contributed by atoms with E-state index in [2.05, 4.69) is 5.32 Å². The maximum atomic E-state index is 13.1. The molecule has 0 aromatic heterocycles. The Morgan fingerprint density at radius 1 is 1.45 bits per heavy atom. The molecule has 0 spiro atoms. The van der Waals surface area contributed by atoms with Crippen molar-refractivity contribution in [3.05, 3.63) is 29.6 Å². The van der Waals surface area contributed by atoms with Gasteiger partial charge in [-0.2, -0.15) is 0 Å². The standard InChI is InChI=1S/C13H17FN2O4/c1-3-20-7-6-16(2)13(19)15-11-8-9(14)4-5-10(11)12(17)18/h4-5,8H,3,6-7H2,1-2H3,(H,15,19)(H,17,18). The molecule has 1 aromatic carbocycles. The van der Waals surface area contributed by atoms with Crippen molar-refractivity contribution in [1.29, 1.82) is 0 Å². The molecule has 0 saturated heterocycles. The first-order chi connectivity index (χ1) is 9.45. The predicted octanol–water partition coefficient (Wildman–Crippen LogP) is 2.02. The summed E-state index contributed by atoms with van der Waals surface area (Å²) < 4.78 is 18.2. The van der Waals surface area contributed by atoms with Gasteiger partial charge in [-0.3, -0.25) is 0 Å². The number of hydrogen-bond acceptors (Lipinski definition) is 3. The SMILES string of the molecule is CCOCCN(C)C(=O)Nc1cc(F)ccc1C(=O)O. The summed E-state index contributed by atoms with van der Waals surface area (Å²) in [6, 6.07) is 2.57. The van der Waals surface area contributed by atoms with Gasteiger partial charge in [-0.25, -0.2) is 14.0 Å². The van der Waals surface area contributed by atoms with Gasteiger partial charge in [0.15, 0.2) is 0 Å². The van der Waals surface area contributed by atoms with Crippen molar-refractivity contribution in [3.8, 4) is 0 Å². The zero-order chi connectivity index (χ0) is 15.1. The van der Waals surface area contributed by atoms with Crippen molar-refractivity contribution >= 4 is 17.7 Å². The third kappa shape index (κ3) is 4.51. The molecule has 0 bridgehead atoms. The van der Waals surface area contributed by atoms with Crippen LogP contribution >= 0.6 is 0 Å². The molecule has 1 rings (SSSR count). The lowest BCUT2D eigenvalue weighted by Crippen LogP contribution is -2.34. The lowest BCUT2D eigenvalue weighted by atomic mass is 10.2. The summed E-state index contributed by atoms with van der Waals surface area (Å²) in [4.78, 5) is 24.2. The van der Waals surface area contributed by atoms with Crippen LogP contribution in [0, 0.1) is 5.82 Å². The molecule has 2 N–H and O–H groups in total. The molecule has 2 amide bonds. The Hall–Kier alpha value is -2.15. The number of nitrogens with zero attached hydrogens (tertiary/aromatic N) is 1. The second-order valence-electron chi connectivity index (χ2n) is 4.04. The van der Waals surface area contributed by atoms with Crippen LogP contribution in [-0.2, 0) is 4.74 Å². The maximum Gasteiger partial charge on any atom is 0.337 e. The number of hydrogen-bond donors (Lipinski definition) is 2. The molecule has 0 aliphatic heterocycles. The van der Waals surface area contributed by atoms with Gasteiger partial charge in [0.05, 0.1) is 17.9 Å². The minimum atomic E-state index is -1.24. The first-order valence-electron chi connectivity index (χ1n) is 6.08. The molecule has 0 aliphatic rings. The van der Waals surface area contributed by atoms with Crippen LogP contribution in [0.5, 0.6) is 0 Å². The highest BCUT2D eigenvalue weighted by molar-refractivity contribution is 5.99. The number of carbonyl (C=O) groups is 2. The van der Waals surface area contributed by atoms with Crippen molar-refractivity contribution in [2.45, 2.75) is 6.92 Å². The highest BCUT2D eigenvalue weighted by Gasteiger charge is 2.15. The maximum absolute atomic E-state index is 13.1. The molecule has 0 fully saturated rings. The van der Waals surface area contributed by atoms with Crippen LogP contribution in [0.25, 0.3) is 0 Å².